The molecule has 57 heavy (non-hydrogen) atoms. The second-order valence-electron chi connectivity index (χ2n) is 14.7. The second kappa shape index (κ2) is 13.6. The van der Waals surface area contributed by atoms with Crippen molar-refractivity contribution in [3.05, 3.63) is 241 Å². The quantitative estimate of drug-likeness (QED) is 0.162. The van der Waals surface area contributed by atoms with Gasteiger partial charge >= 0.3 is 0 Å². The molecule has 10 aromatic rings. The van der Waals surface area contributed by atoms with Gasteiger partial charge in [-0.2, -0.15) is 0 Å². The van der Waals surface area contributed by atoms with Crippen LogP contribution in [-0.2, 0) is 5.41 Å². The van der Waals surface area contributed by atoms with Crippen molar-refractivity contribution in [2.45, 2.75) is 5.41 Å². The molecular formula is C54H36N2S. The lowest BCUT2D eigenvalue weighted by Gasteiger charge is -2.35. The summed E-state index contributed by atoms with van der Waals surface area (Å²) in [6.07, 6.45) is 2.01. The van der Waals surface area contributed by atoms with E-state index >= 15 is 0 Å². The number of anilines is 3. The maximum Gasteiger partial charge on any atom is 0.0714 e. The molecule has 0 radical (unpaired) electrons. The molecule has 8 aromatic carbocycles. The first-order valence-corrected chi connectivity index (χ1v) is 20.3. The van der Waals surface area contributed by atoms with Gasteiger partial charge in [0, 0.05) is 37.1 Å². The van der Waals surface area contributed by atoms with Gasteiger partial charge in [-0.3, -0.25) is 4.98 Å². The highest BCUT2D eigenvalue weighted by molar-refractivity contribution is 7.25. The minimum absolute atomic E-state index is 0.500. The Kier molecular flexibility index (Phi) is 7.94. The fourth-order valence-electron chi connectivity index (χ4n) is 9.04. The van der Waals surface area contributed by atoms with Crippen LogP contribution in [0.5, 0.6) is 0 Å². The molecule has 0 saturated carbocycles. The first-order valence-electron chi connectivity index (χ1n) is 19.4. The third-order valence-electron chi connectivity index (χ3n) is 11.6. The van der Waals surface area contributed by atoms with Gasteiger partial charge in [0.1, 0.15) is 0 Å². The van der Waals surface area contributed by atoms with Gasteiger partial charge in [0.15, 0.2) is 0 Å². The zero-order chi connectivity index (χ0) is 37.8. The highest BCUT2D eigenvalue weighted by Gasteiger charge is 2.46. The van der Waals surface area contributed by atoms with Gasteiger partial charge in [-0.05, 0) is 99.1 Å². The number of hydrogen-bond donors (Lipinski definition) is 0. The Labute approximate surface area is 336 Å². The van der Waals surface area contributed by atoms with Gasteiger partial charge in [0.2, 0.25) is 0 Å². The van der Waals surface area contributed by atoms with Crippen LogP contribution in [0.15, 0.2) is 219 Å². The molecule has 2 heterocycles. The number of aromatic nitrogens is 1. The van der Waals surface area contributed by atoms with E-state index < -0.39 is 5.41 Å². The van der Waals surface area contributed by atoms with E-state index in [0.29, 0.717) is 0 Å². The number of rotatable bonds is 7. The lowest BCUT2D eigenvalue weighted by molar-refractivity contribution is 0.768. The molecule has 0 amide bonds. The van der Waals surface area contributed by atoms with Crippen LogP contribution < -0.4 is 4.90 Å². The smallest absolute Gasteiger partial charge is 0.0714 e. The topological polar surface area (TPSA) is 16.1 Å². The Hall–Kier alpha value is -7.07. The molecule has 0 N–H and O–H groups in total. The maximum atomic E-state index is 5.01. The normalized spacial score (nSPS) is 12.7. The first-order chi connectivity index (χ1) is 28.3. The Bertz CT molecular complexity index is 3010. The van der Waals surface area contributed by atoms with Gasteiger partial charge < -0.3 is 4.90 Å². The molecule has 0 saturated heterocycles. The van der Waals surface area contributed by atoms with E-state index in [4.69, 9.17) is 4.98 Å². The molecule has 1 aliphatic rings. The molecular weight excluding hydrogens is 709 g/mol. The SMILES string of the molecule is c1ccc(-c2ccc(N(c3ccc(-c4ccc5sc6ccccc6c5c4)cc3)c3cccc(C4(c5ccccc5)c5ccccc5-c5ccccc54)c3)cn2)cc1. The van der Waals surface area contributed by atoms with Crippen molar-refractivity contribution in [2.24, 2.45) is 0 Å². The largest absolute Gasteiger partial charge is 0.309 e. The molecule has 0 atom stereocenters. The summed E-state index contributed by atoms with van der Waals surface area (Å²) >= 11 is 1.85. The van der Waals surface area contributed by atoms with Crippen molar-refractivity contribution in [3.63, 3.8) is 0 Å². The average molecular weight is 745 g/mol. The number of fused-ring (bicyclic) bond motifs is 6. The molecule has 0 fully saturated rings. The summed E-state index contributed by atoms with van der Waals surface area (Å²) in [6, 6.07) is 77.2. The molecule has 0 aliphatic heterocycles. The summed E-state index contributed by atoms with van der Waals surface area (Å²) in [5.74, 6) is 0. The zero-order valence-electron chi connectivity index (χ0n) is 31.1. The second-order valence-corrected chi connectivity index (χ2v) is 15.8. The number of hydrogen-bond acceptors (Lipinski definition) is 3. The molecule has 2 nitrogen and oxygen atoms in total. The summed E-state index contributed by atoms with van der Waals surface area (Å²) in [6.45, 7) is 0. The standard InChI is InChI=1S/C54H36N2S/c1-3-14-38(15-4-1)51-32-31-44(36-55-51)56(42-29-26-37(27-30-42)39-28-33-53-48(34-39)47-22-9-12-25-52(47)57-53)43-19-13-18-41(35-43)54(40-16-5-2-6-17-40)49-23-10-7-20-45(49)46-21-8-11-24-50(46)54/h1-36H. The minimum atomic E-state index is -0.500. The van der Waals surface area contributed by atoms with E-state index in [1.807, 2.05) is 23.6 Å². The van der Waals surface area contributed by atoms with E-state index in [9.17, 15) is 0 Å². The molecule has 2 aromatic heterocycles. The van der Waals surface area contributed by atoms with Crippen LogP contribution in [0.4, 0.5) is 17.1 Å². The highest BCUT2D eigenvalue weighted by atomic mass is 32.1. The Balaban J connectivity index is 1.07. The van der Waals surface area contributed by atoms with E-state index in [2.05, 4.69) is 211 Å². The first kappa shape index (κ1) is 33.3. The van der Waals surface area contributed by atoms with Crippen molar-refractivity contribution >= 4 is 48.6 Å². The van der Waals surface area contributed by atoms with Crippen molar-refractivity contribution < 1.29 is 0 Å². The number of benzene rings is 8. The van der Waals surface area contributed by atoms with E-state index in [1.54, 1.807) is 0 Å². The number of nitrogens with zero attached hydrogens (tertiary/aromatic N) is 2. The van der Waals surface area contributed by atoms with Gasteiger partial charge in [-0.1, -0.05) is 158 Å². The van der Waals surface area contributed by atoms with E-state index in [1.165, 1.54) is 64.7 Å². The van der Waals surface area contributed by atoms with E-state index in [-0.39, 0.29) is 0 Å². The predicted molar refractivity (Wildman–Crippen MR) is 240 cm³/mol. The van der Waals surface area contributed by atoms with Gasteiger partial charge in [0.25, 0.3) is 0 Å². The fraction of sp³-hybridized carbons (Fsp3) is 0.0185. The summed E-state index contributed by atoms with van der Waals surface area (Å²) in [4.78, 5) is 7.36. The maximum absolute atomic E-state index is 5.01. The number of thiophene rings is 1. The van der Waals surface area contributed by atoms with Crippen LogP contribution >= 0.6 is 11.3 Å². The summed E-state index contributed by atoms with van der Waals surface area (Å²) < 4.78 is 2.64. The molecule has 0 bridgehead atoms. The average Bonchev–Trinajstić information content (AvgIpc) is 3.81. The number of pyridine rings is 1. The minimum Gasteiger partial charge on any atom is -0.309 e. The van der Waals surface area contributed by atoms with Crippen molar-refractivity contribution in [1.82, 2.24) is 4.98 Å². The van der Waals surface area contributed by atoms with Crippen LogP contribution in [0.3, 0.4) is 0 Å². The molecule has 268 valence electrons. The summed E-state index contributed by atoms with van der Waals surface area (Å²) in [5.41, 5.74) is 14.7. The summed E-state index contributed by atoms with van der Waals surface area (Å²) in [5, 5.41) is 2.62. The van der Waals surface area contributed by atoms with E-state index in [0.717, 1.165) is 28.3 Å². The van der Waals surface area contributed by atoms with Crippen LogP contribution in [-0.4, -0.2) is 4.98 Å². The highest BCUT2D eigenvalue weighted by Crippen LogP contribution is 2.56. The Morgan fingerprint density at radius 3 is 1.74 bits per heavy atom. The van der Waals surface area contributed by atoms with Crippen LogP contribution in [0, 0.1) is 0 Å². The third-order valence-corrected chi connectivity index (χ3v) is 12.8. The van der Waals surface area contributed by atoms with Crippen LogP contribution in [0.1, 0.15) is 22.3 Å². The molecule has 1 aliphatic carbocycles. The van der Waals surface area contributed by atoms with Crippen molar-refractivity contribution in [3.8, 4) is 33.5 Å². The fourth-order valence-corrected chi connectivity index (χ4v) is 10.1. The monoisotopic (exact) mass is 744 g/mol. The third kappa shape index (κ3) is 5.43. The lowest BCUT2D eigenvalue weighted by Crippen LogP contribution is -2.28. The van der Waals surface area contributed by atoms with Gasteiger partial charge in [0.05, 0.1) is 23.0 Å². The summed E-state index contributed by atoms with van der Waals surface area (Å²) in [7, 11) is 0. The van der Waals surface area contributed by atoms with Crippen molar-refractivity contribution in [2.75, 3.05) is 4.90 Å². The van der Waals surface area contributed by atoms with Crippen LogP contribution in [0.25, 0.3) is 53.7 Å². The molecule has 0 unspecified atom stereocenters. The van der Waals surface area contributed by atoms with Crippen molar-refractivity contribution in [1.29, 1.82) is 0 Å². The molecule has 0 spiro atoms. The molecule has 11 rings (SSSR count). The Morgan fingerprint density at radius 1 is 0.386 bits per heavy atom. The van der Waals surface area contributed by atoms with Gasteiger partial charge in [-0.25, -0.2) is 0 Å². The van der Waals surface area contributed by atoms with Crippen LogP contribution in [0.2, 0.25) is 0 Å². The zero-order valence-corrected chi connectivity index (χ0v) is 31.9. The van der Waals surface area contributed by atoms with Gasteiger partial charge in [-0.15, -0.1) is 11.3 Å². The molecule has 3 heteroatoms. The predicted octanol–water partition coefficient (Wildman–Crippen LogP) is 14.6. The lowest BCUT2D eigenvalue weighted by atomic mass is 9.67. The Morgan fingerprint density at radius 2 is 1.00 bits per heavy atom.